The standard InChI is InChI=1S/C12H14N2O5/c13-3-1-2-10(15)14-9-5-7(11(16)17)4-8(6-9)12(18)19/h4-6H,1-3,13H2,(H,14,15)(H,16,17)(H,18,19). The maximum Gasteiger partial charge on any atom is 0.335 e. The van der Waals surface area contributed by atoms with E-state index in [-0.39, 0.29) is 29.1 Å². The molecule has 0 saturated carbocycles. The molecule has 0 aliphatic heterocycles. The number of nitrogens with two attached hydrogens (primary N) is 1. The van der Waals surface area contributed by atoms with Gasteiger partial charge in [0.15, 0.2) is 0 Å². The average molecular weight is 266 g/mol. The van der Waals surface area contributed by atoms with Crippen LogP contribution in [-0.4, -0.2) is 34.6 Å². The van der Waals surface area contributed by atoms with E-state index in [9.17, 15) is 14.4 Å². The van der Waals surface area contributed by atoms with E-state index >= 15 is 0 Å². The van der Waals surface area contributed by atoms with Crippen LogP contribution in [0, 0.1) is 0 Å². The molecule has 0 aliphatic carbocycles. The molecule has 7 heteroatoms. The molecule has 0 saturated heterocycles. The van der Waals surface area contributed by atoms with Gasteiger partial charge in [0.05, 0.1) is 11.1 Å². The van der Waals surface area contributed by atoms with Crippen LogP contribution >= 0.6 is 0 Å². The number of carboxylic acid groups (broad SMARTS) is 2. The van der Waals surface area contributed by atoms with Crippen molar-refractivity contribution >= 4 is 23.5 Å². The predicted octanol–water partition coefficient (Wildman–Crippen LogP) is 0.760. The number of aromatic carboxylic acids is 2. The third kappa shape index (κ3) is 4.40. The summed E-state index contributed by atoms with van der Waals surface area (Å²) in [6.45, 7) is 0.364. The van der Waals surface area contributed by atoms with Crippen LogP contribution in [0.2, 0.25) is 0 Å². The predicted molar refractivity (Wildman–Crippen MR) is 67.3 cm³/mol. The molecule has 1 rings (SSSR count). The molecule has 7 nitrogen and oxygen atoms in total. The summed E-state index contributed by atoms with van der Waals surface area (Å²) in [6.07, 6.45) is 0.687. The van der Waals surface area contributed by atoms with Crippen LogP contribution in [0.4, 0.5) is 5.69 Å². The summed E-state index contributed by atoms with van der Waals surface area (Å²) in [5.41, 5.74) is 5.00. The molecule has 0 aromatic heterocycles. The molecular formula is C12H14N2O5. The second-order valence-corrected chi connectivity index (χ2v) is 3.85. The molecular weight excluding hydrogens is 252 g/mol. The van der Waals surface area contributed by atoms with Gasteiger partial charge in [-0.2, -0.15) is 0 Å². The first-order chi connectivity index (χ1) is 8.93. The summed E-state index contributed by atoms with van der Waals surface area (Å²) in [4.78, 5) is 33.2. The molecule has 0 atom stereocenters. The maximum absolute atomic E-state index is 11.5. The number of carbonyl (C=O) groups excluding carboxylic acids is 1. The highest BCUT2D eigenvalue weighted by Gasteiger charge is 2.12. The summed E-state index contributed by atoms with van der Waals surface area (Å²) in [7, 11) is 0. The van der Waals surface area contributed by atoms with Gasteiger partial charge in [0.1, 0.15) is 0 Å². The lowest BCUT2D eigenvalue weighted by atomic mass is 10.1. The number of carboxylic acids is 2. The van der Waals surface area contributed by atoms with E-state index < -0.39 is 11.9 Å². The van der Waals surface area contributed by atoms with Gasteiger partial charge < -0.3 is 21.3 Å². The third-order valence-electron chi connectivity index (χ3n) is 2.32. The van der Waals surface area contributed by atoms with E-state index in [1.165, 1.54) is 12.1 Å². The molecule has 1 aromatic rings. The number of hydrogen-bond acceptors (Lipinski definition) is 4. The van der Waals surface area contributed by atoms with Crippen molar-refractivity contribution in [1.29, 1.82) is 0 Å². The molecule has 0 bridgehead atoms. The highest BCUT2D eigenvalue weighted by atomic mass is 16.4. The summed E-state index contributed by atoms with van der Waals surface area (Å²) in [6, 6.07) is 3.43. The Balaban J connectivity index is 2.96. The molecule has 19 heavy (non-hydrogen) atoms. The Labute approximate surface area is 109 Å². The van der Waals surface area contributed by atoms with Crippen LogP contribution in [-0.2, 0) is 4.79 Å². The Morgan fingerprint density at radius 3 is 2.00 bits per heavy atom. The summed E-state index contributed by atoms with van der Waals surface area (Å²) < 4.78 is 0. The van der Waals surface area contributed by atoms with E-state index in [0.717, 1.165) is 6.07 Å². The zero-order chi connectivity index (χ0) is 14.4. The van der Waals surface area contributed by atoms with Crippen molar-refractivity contribution in [2.45, 2.75) is 12.8 Å². The summed E-state index contributed by atoms with van der Waals surface area (Å²) in [5.74, 6) is -2.87. The van der Waals surface area contributed by atoms with E-state index in [1.54, 1.807) is 0 Å². The Morgan fingerprint density at radius 1 is 1.05 bits per heavy atom. The molecule has 5 N–H and O–H groups in total. The Morgan fingerprint density at radius 2 is 1.58 bits per heavy atom. The van der Waals surface area contributed by atoms with Crippen molar-refractivity contribution in [3.63, 3.8) is 0 Å². The SMILES string of the molecule is NCCCC(=O)Nc1cc(C(=O)O)cc(C(=O)O)c1. The largest absolute Gasteiger partial charge is 0.478 e. The van der Waals surface area contributed by atoms with Gasteiger partial charge in [-0.3, -0.25) is 4.79 Å². The average Bonchev–Trinajstić information content (AvgIpc) is 2.35. The minimum absolute atomic E-state index is 0.138. The van der Waals surface area contributed by atoms with Crippen LogP contribution in [0.15, 0.2) is 18.2 Å². The number of rotatable bonds is 6. The third-order valence-corrected chi connectivity index (χ3v) is 2.32. The number of hydrogen-bond donors (Lipinski definition) is 4. The second-order valence-electron chi connectivity index (χ2n) is 3.85. The Kier molecular flexibility index (Phi) is 5.01. The fourth-order valence-corrected chi connectivity index (χ4v) is 1.43. The molecule has 1 aromatic carbocycles. The molecule has 0 radical (unpaired) electrons. The van der Waals surface area contributed by atoms with E-state index in [2.05, 4.69) is 5.32 Å². The summed E-state index contributed by atoms with van der Waals surface area (Å²) >= 11 is 0. The number of nitrogens with one attached hydrogen (secondary N) is 1. The quantitative estimate of drug-likeness (QED) is 0.601. The van der Waals surface area contributed by atoms with Crippen LogP contribution in [0.25, 0.3) is 0 Å². The Bertz CT molecular complexity index is 481. The van der Waals surface area contributed by atoms with E-state index in [1.807, 2.05) is 0 Å². The number of amides is 1. The van der Waals surface area contributed by atoms with Crippen molar-refractivity contribution in [3.8, 4) is 0 Å². The van der Waals surface area contributed by atoms with Gasteiger partial charge in [-0.25, -0.2) is 9.59 Å². The van der Waals surface area contributed by atoms with Crippen molar-refractivity contribution in [2.24, 2.45) is 5.73 Å². The van der Waals surface area contributed by atoms with E-state index in [0.29, 0.717) is 13.0 Å². The van der Waals surface area contributed by atoms with Crippen LogP contribution in [0.3, 0.4) is 0 Å². The molecule has 0 heterocycles. The van der Waals surface area contributed by atoms with Gasteiger partial charge in [0.25, 0.3) is 0 Å². The van der Waals surface area contributed by atoms with Crippen LogP contribution in [0.5, 0.6) is 0 Å². The smallest absolute Gasteiger partial charge is 0.335 e. The zero-order valence-electron chi connectivity index (χ0n) is 10.0. The second kappa shape index (κ2) is 6.50. The van der Waals surface area contributed by atoms with Crippen molar-refractivity contribution in [3.05, 3.63) is 29.3 Å². The van der Waals surface area contributed by atoms with Crippen molar-refractivity contribution in [2.75, 3.05) is 11.9 Å². The Hall–Kier alpha value is -2.41. The fourth-order valence-electron chi connectivity index (χ4n) is 1.43. The highest BCUT2D eigenvalue weighted by Crippen LogP contribution is 2.16. The van der Waals surface area contributed by atoms with E-state index in [4.69, 9.17) is 15.9 Å². The molecule has 0 fully saturated rings. The fraction of sp³-hybridized carbons (Fsp3) is 0.250. The number of anilines is 1. The molecule has 102 valence electrons. The minimum Gasteiger partial charge on any atom is -0.478 e. The number of benzene rings is 1. The topological polar surface area (TPSA) is 130 Å². The maximum atomic E-state index is 11.5. The van der Waals surface area contributed by atoms with Crippen molar-refractivity contribution < 1.29 is 24.6 Å². The van der Waals surface area contributed by atoms with Crippen LogP contribution in [0.1, 0.15) is 33.6 Å². The summed E-state index contributed by atoms with van der Waals surface area (Å²) in [5, 5.41) is 20.2. The lowest BCUT2D eigenvalue weighted by Crippen LogP contribution is -2.14. The van der Waals surface area contributed by atoms with Gasteiger partial charge >= 0.3 is 11.9 Å². The molecule has 1 amide bonds. The zero-order valence-corrected chi connectivity index (χ0v) is 10.0. The minimum atomic E-state index is -1.26. The number of carbonyl (C=O) groups is 3. The first-order valence-corrected chi connectivity index (χ1v) is 5.55. The van der Waals surface area contributed by atoms with Gasteiger partial charge in [-0.05, 0) is 31.2 Å². The highest BCUT2D eigenvalue weighted by molar-refractivity contribution is 5.98. The normalized spacial score (nSPS) is 9.95. The first kappa shape index (κ1) is 14.7. The lowest BCUT2D eigenvalue weighted by Gasteiger charge is -2.07. The van der Waals surface area contributed by atoms with Crippen LogP contribution < -0.4 is 11.1 Å². The van der Waals surface area contributed by atoms with Gasteiger partial charge in [0.2, 0.25) is 5.91 Å². The van der Waals surface area contributed by atoms with Crippen molar-refractivity contribution in [1.82, 2.24) is 0 Å². The van der Waals surface area contributed by atoms with Gasteiger partial charge in [-0.1, -0.05) is 0 Å². The molecule has 0 spiro atoms. The molecule has 0 unspecified atom stereocenters. The molecule has 0 aliphatic rings. The lowest BCUT2D eigenvalue weighted by molar-refractivity contribution is -0.116. The van der Waals surface area contributed by atoms with Gasteiger partial charge in [0, 0.05) is 12.1 Å². The van der Waals surface area contributed by atoms with Gasteiger partial charge in [-0.15, -0.1) is 0 Å². The monoisotopic (exact) mass is 266 g/mol. The first-order valence-electron chi connectivity index (χ1n) is 5.55.